The summed E-state index contributed by atoms with van der Waals surface area (Å²) in [6.07, 6.45) is 1.63. The molecule has 0 aliphatic carbocycles. The van der Waals surface area contributed by atoms with Crippen molar-refractivity contribution in [3.63, 3.8) is 0 Å². The highest BCUT2D eigenvalue weighted by Crippen LogP contribution is 2.30. The van der Waals surface area contributed by atoms with Crippen molar-refractivity contribution in [2.45, 2.75) is 0 Å². The molecule has 3 nitrogen and oxygen atoms in total. The van der Waals surface area contributed by atoms with Crippen LogP contribution < -0.4 is 9.47 Å². The first-order valence-electron chi connectivity index (χ1n) is 6.27. The lowest BCUT2D eigenvalue weighted by atomic mass is 10.0. The quantitative estimate of drug-likeness (QED) is 0.631. The molecule has 0 fully saturated rings. The minimum absolute atomic E-state index is 0.339. The lowest BCUT2D eigenvalue weighted by Gasteiger charge is -2.09. The molecule has 0 amide bonds. The van der Waals surface area contributed by atoms with E-state index in [2.05, 4.69) is 6.07 Å². The van der Waals surface area contributed by atoms with Gasteiger partial charge in [0.2, 0.25) is 0 Å². The molecule has 0 heterocycles. The molecular formula is C17H14FNO2. The van der Waals surface area contributed by atoms with Crippen LogP contribution in [-0.4, -0.2) is 14.2 Å². The fourth-order valence-corrected chi connectivity index (χ4v) is 1.95. The van der Waals surface area contributed by atoms with Crippen molar-refractivity contribution in [3.8, 4) is 17.6 Å². The van der Waals surface area contributed by atoms with Crippen LogP contribution in [0.2, 0.25) is 0 Å². The Kier molecular flexibility index (Phi) is 4.57. The third-order valence-electron chi connectivity index (χ3n) is 2.97. The standard InChI is InChI=1S/C17H14FNO2/c1-20-16-7-6-13(10-17(16)21-2)14(11-19)8-12-4-3-5-15(18)9-12/h3-10H,1-2H3/b14-8+. The number of hydrogen-bond donors (Lipinski definition) is 0. The summed E-state index contributed by atoms with van der Waals surface area (Å²) in [5, 5.41) is 9.32. The molecule has 0 atom stereocenters. The zero-order valence-corrected chi connectivity index (χ0v) is 11.8. The van der Waals surface area contributed by atoms with E-state index < -0.39 is 0 Å². The van der Waals surface area contributed by atoms with Crippen LogP contribution in [0.4, 0.5) is 4.39 Å². The van der Waals surface area contributed by atoms with Crippen molar-refractivity contribution < 1.29 is 13.9 Å². The summed E-state index contributed by atoms with van der Waals surface area (Å²) in [5.74, 6) is 0.785. The van der Waals surface area contributed by atoms with E-state index in [0.717, 1.165) is 0 Å². The first-order valence-corrected chi connectivity index (χ1v) is 6.27. The number of halogens is 1. The molecule has 0 aliphatic rings. The molecule has 0 bridgehead atoms. The Labute approximate surface area is 122 Å². The molecule has 0 aliphatic heterocycles. The second-order valence-corrected chi connectivity index (χ2v) is 4.29. The maximum Gasteiger partial charge on any atom is 0.161 e. The number of hydrogen-bond acceptors (Lipinski definition) is 3. The van der Waals surface area contributed by atoms with Crippen molar-refractivity contribution in [2.75, 3.05) is 14.2 Å². The molecule has 4 heteroatoms. The molecule has 21 heavy (non-hydrogen) atoms. The van der Waals surface area contributed by atoms with Gasteiger partial charge in [-0.2, -0.15) is 5.26 Å². The predicted octanol–water partition coefficient (Wildman–Crippen LogP) is 3.91. The number of benzene rings is 2. The normalized spacial score (nSPS) is 10.9. The highest BCUT2D eigenvalue weighted by molar-refractivity contribution is 5.90. The second kappa shape index (κ2) is 6.58. The van der Waals surface area contributed by atoms with Crippen LogP contribution in [0, 0.1) is 17.1 Å². The number of nitriles is 1. The first-order chi connectivity index (χ1) is 10.2. The van der Waals surface area contributed by atoms with Crippen molar-refractivity contribution in [2.24, 2.45) is 0 Å². The third kappa shape index (κ3) is 3.40. The van der Waals surface area contributed by atoms with Gasteiger partial charge in [-0.15, -0.1) is 0 Å². The van der Waals surface area contributed by atoms with Crippen LogP contribution >= 0.6 is 0 Å². The Hall–Kier alpha value is -2.80. The number of rotatable bonds is 4. The number of nitrogens with zero attached hydrogens (tertiary/aromatic N) is 1. The third-order valence-corrected chi connectivity index (χ3v) is 2.97. The highest BCUT2D eigenvalue weighted by Gasteiger charge is 2.08. The smallest absolute Gasteiger partial charge is 0.161 e. The molecule has 2 aromatic rings. The Morgan fingerprint density at radius 3 is 2.48 bits per heavy atom. The number of methoxy groups -OCH3 is 2. The Balaban J connectivity index is 2.45. The number of allylic oxidation sites excluding steroid dienone is 1. The maximum atomic E-state index is 13.2. The molecular weight excluding hydrogens is 269 g/mol. The molecule has 0 saturated heterocycles. The van der Waals surface area contributed by atoms with E-state index in [4.69, 9.17) is 9.47 Å². The predicted molar refractivity (Wildman–Crippen MR) is 79.4 cm³/mol. The van der Waals surface area contributed by atoms with Gasteiger partial charge < -0.3 is 9.47 Å². The molecule has 0 N–H and O–H groups in total. The maximum absolute atomic E-state index is 13.2. The zero-order valence-electron chi connectivity index (χ0n) is 11.8. The SMILES string of the molecule is COc1ccc(/C(C#N)=C/c2cccc(F)c2)cc1OC. The molecule has 0 unspecified atom stereocenters. The molecule has 0 aromatic heterocycles. The Morgan fingerprint density at radius 2 is 1.86 bits per heavy atom. The topological polar surface area (TPSA) is 42.2 Å². The van der Waals surface area contributed by atoms with E-state index in [0.29, 0.717) is 28.2 Å². The van der Waals surface area contributed by atoms with E-state index >= 15 is 0 Å². The molecule has 0 spiro atoms. The summed E-state index contributed by atoms with van der Waals surface area (Å²) >= 11 is 0. The van der Waals surface area contributed by atoms with Gasteiger partial charge >= 0.3 is 0 Å². The summed E-state index contributed by atoms with van der Waals surface area (Å²) in [5.41, 5.74) is 1.72. The van der Waals surface area contributed by atoms with Crippen LogP contribution in [0.5, 0.6) is 11.5 Å². The van der Waals surface area contributed by atoms with Crippen molar-refractivity contribution in [1.82, 2.24) is 0 Å². The Morgan fingerprint density at radius 1 is 1.10 bits per heavy atom. The molecule has 106 valence electrons. The highest BCUT2D eigenvalue weighted by atomic mass is 19.1. The fraction of sp³-hybridized carbons (Fsp3) is 0.118. The van der Waals surface area contributed by atoms with Crippen molar-refractivity contribution >= 4 is 11.6 Å². The average Bonchev–Trinajstić information content (AvgIpc) is 2.52. The van der Waals surface area contributed by atoms with E-state index in [1.54, 1.807) is 43.5 Å². The van der Waals surface area contributed by atoms with E-state index in [-0.39, 0.29) is 5.82 Å². The summed E-state index contributed by atoms with van der Waals surface area (Å²) in [4.78, 5) is 0. The van der Waals surface area contributed by atoms with Gasteiger partial charge in [-0.25, -0.2) is 4.39 Å². The first kappa shape index (κ1) is 14.6. The van der Waals surface area contributed by atoms with Crippen LogP contribution in [0.15, 0.2) is 42.5 Å². The van der Waals surface area contributed by atoms with E-state index in [1.165, 1.54) is 19.2 Å². The monoisotopic (exact) mass is 283 g/mol. The van der Waals surface area contributed by atoms with Gasteiger partial charge in [0, 0.05) is 0 Å². The minimum atomic E-state index is -0.339. The van der Waals surface area contributed by atoms with Gasteiger partial charge in [-0.3, -0.25) is 0 Å². The van der Waals surface area contributed by atoms with Crippen LogP contribution in [0.25, 0.3) is 11.6 Å². The van der Waals surface area contributed by atoms with Crippen molar-refractivity contribution in [1.29, 1.82) is 5.26 Å². The second-order valence-electron chi connectivity index (χ2n) is 4.29. The molecule has 0 saturated carbocycles. The number of ether oxygens (including phenoxy) is 2. The molecule has 0 radical (unpaired) electrons. The average molecular weight is 283 g/mol. The van der Waals surface area contributed by atoms with Gasteiger partial charge in [-0.1, -0.05) is 12.1 Å². The summed E-state index contributed by atoms with van der Waals surface area (Å²) < 4.78 is 23.6. The summed E-state index contributed by atoms with van der Waals surface area (Å²) in [6.45, 7) is 0. The van der Waals surface area contributed by atoms with Crippen LogP contribution in [-0.2, 0) is 0 Å². The van der Waals surface area contributed by atoms with Crippen molar-refractivity contribution in [3.05, 3.63) is 59.4 Å². The van der Waals surface area contributed by atoms with Gasteiger partial charge in [0.25, 0.3) is 0 Å². The molecule has 2 aromatic carbocycles. The lowest BCUT2D eigenvalue weighted by molar-refractivity contribution is 0.355. The van der Waals surface area contributed by atoms with Gasteiger partial charge in [0.05, 0.1) is 25.9 Å². The largest absolute Gasteiger partial charge is 0.493 e. The zero-order chi connectivity index (χ0) is 15.2. The van der Waals surface area contributed by atoms with Crippen LogP contribution in [0.1, 0.15) is 11.1 Å². The van der Waals surface area contributed by atoms with E-state index in [1.807, 2.05) is 0 Å². The van der Waals surface area contributed by atoms with E-state index in [9.17, 15) is 9.65 Å². The van der Waals surface area contributed by atoms with Gasteiger partial charge in [0.1, 0.15) is 5.82 Å². The minimum Gasteiger partial charge on any atom is -0.493 e. The lowest BCUT2D eigenvalue weighted by Crippen LogP contribution is -1.92. The van der Waals surface area contributed by atoms with Crippen LogP contribution in [0.3, 0.4) is 0 Å². The summed E-state index contributed by atoms with van der Waals surface area (Å²) in [6, 6.07) is 13.4. The van der Waals surface area contributed by atoms with Gasteiger partial charge in [0.15, 0.2) is 11.5 Å². The van der Waals surface area contributed by atoms with Gasteiger partial charge in [-0.05, 0) is 47.5 Å². The fourth-order valence-electron chi connectivity index (χ4n) is 1.95. The Bertz CT molecular complexity index is 717. The molecule has 2 rings (SSSR count). The summed E-state index contributed by atoms with van der Waals surface area (Å²) in [7, 11) is 3.08.